The molecule has 2 aromatic carbocycles. The second kappa shape index (κ2) is 8.35. The first kappa shape index (κ1) is 19.1. The van der Waals surface area contributed by atoms with Gasteiger partial charge in [-0.25, -0.2) is 0 Å². The van der Waals surface area contributed by atoms with Gasteiger partial charge in [-0.3, -0.25) is 9.59 Å². The van der Waals surface area contributed by atoms with Crippen molar-refractivity contribution >= 4 is 17.5 Å². The van der Waals surface area contributed by atoms with Gasteiger partial charge in [-0.05, 0) is 42.7 Å². The van der Waals surface area contributed by atoms with Gasteiger partial charge in [-0.1, -0.05) is 36.4 Å². The lowest BCUT2D eigenvalue weighted by Gasteiger charge is -2.18. The van der Waals surface area contributed by atoms with Crippen molar-refractivity contribution in [1.82, 2.24) is 5.32 Å². The van der Waals surface area contributed by atoms with Crippen LogP contribution in [-0.4, -0.2) is 36.1 Å². The SMILES string of the molecule is Cc1ccc(N2C[C@@H](C(=O)NC[C@H](O)Cc3ccccc3)CC2=O)cc1C. The molecule has 3 rings (SSSR count). The number of aliphatic hydroxyl groups excluding tert-OH is 1. The van der Waals surface area contributed by atoms with Gasteiger partial charge in [-0.2, -0.15) is 0 Å². The summed E-state index contributed by atoms with van der Waals surface area (Å²) in [6, 6.07) is 15.6. The third kappa shape index (κ3) is 4.74. The van der Waals surface area contributed by atoms with E-state index in [1.807, 2.05) is 62.4 Å². The lowest BCUT2D eigenvalue weighted by atomic mass is 10.1. The van der Waals surface area contributed by atoms with Gasteiger partial charge in [0.25, 0.3) is 0 Å². The lowest BCUT2D eigenvalue weighted by molar-refractivity contribution is -0.126. The van der Waals surface area contributed by atoms with Gasteiger partial charge in [0.05, 0.1) is 12.0 Å². The molecule has 0 radical (unpaired) electrons. The van der Waals surface area contributed by atoms with E-state index in [1.54, 1.807) is 4.90 Å². The molecule has 142 valence electrons. The fraction of sp³-hybridized carbons (Fsp3) is 0.364. The third-order valence-electron chi connectivity index (χ3n) is 5.12. The highest BCUT2D eigenvalue weighted by molar-refractivity contribution is 6.00. The minimum absolute atomic E-state index is 0.0387. The van der Waals surface area contributed by atoms with E-state index >= 15 is 0 Å². The van der Waals surface area contributed by atoms with Crippen molar-refractivity contribution < 1.29 is 14.7 Å². The Kier molecular flexibility index (Phi) is 5.91. The number of hydrogen-bond donors (Lipinski definition) is 2. The predicted molar refractivity (Wildman–Crippen MR) is 106 cm³/mol. The van der Waals surface area contributed by atoms with Crippen LogP contribution in [-0.2, 0) is 16.0 Å². The number of aryl methyl sites for hydroxylation is 2. The van der Waals surface area contributed by atoms with E-state index in [-0.39, 0.29) is 30.7 Å². The number of benzene rings is 2. The fourth-order valence-corrected chi connectivity index (χ4v) is 3.35. The fourth-order valence-electron chi connectivity index (χ4n) is 3.35. The van der Waals surface area contributed by atoms with Crippen LogP contribution in [0.4, 0.5) is 5.69 Å². The molecule has 5 heteroatoms. The highest BCUT2D eigenvalue weighted by Gasteiger charge is 2.35. The Morgan fingerprint density at radius 2 is 1.93 bits per heavy atom. The van der Waals surface area contributed by atoms with Crippen LogP contribution in [0, 0.1) is 19.8 Å². The summed E-state index contributed by atoms with van der Waals surface area (Å²) in [4.78, 5) is 26.5. The number of carbonyl (C=O) groups excluding carboxylic acids is 2. The van der Waals surface area contributed by atoms with E-state index in [0.717, 1.165) is 16.8 Å². The molecule has 2 atom stereocenters. The van der Waals surface area contributed by atoms with Crippen molar-refractivity contribution in [3.63, 3.8) is 0 Å². The second-order valence-electron chi connectivity index (χ2n) is 7.26. The minimum atomic E-state index is -0.649. The topological polar surface area (TPSA) is 69.6 Å². The Hall–Kier alpha value is -2.66. The van der Waals surface area contributed by atoms with Crippen molar-refractivity contribution in [2.45, 2.75) is 32.8 Å². The third-order valence-corrected chi connectivity index (χ3v) is 5.12. The molecular weight excluding hydrogens is 340 g/mol. The molecule has 0 unspecified atom stereocenters. The highest BCUT2D eigenvalue weighted by atomic mass is 16.3. The Morgan fingerprint density at radius 3 is 2.63 bits per heavy atom. The van der Waals surface area contributed by atoms with Gasteiger partial charge in [0.1, 0.15) is 0 Å². The van der Waals surface area contributed by atoms with Crippen molar-refractivity contribution in [1.29, 1.82) is 0 Å². The van der Waals surface area contributed by atoms with Crippen molar-refractivity contribution in [2.24, 2.45) is 5.92 Å². The zero-order chi connectivity index (χ0) is 19.4. The summed E-state index contributed by atoms with van der Waals surface area (Å²) >= 11 is 0. The minimum Gasteiger partial charge on any atom is -0.391 e. The molecule has 1 fully saturated rings. The molecule has 27 heavy (non-hydrogen) atoms. The first-order valence-electron chi connectivity index (χ1n) is 9.31. The number of nitrogens with one attached hydrogen (secondary N) is 1. The van der Waals surface area contributed by atoms with E-state index in [9.17, 15) is 14.7 Å². The summed E-state index contributed by atoms with van der Waals surface area (Å²) in [5, 5.41) is 12.9. The number of aliphatic hydroxyl groups is 1. The number of anilines is 1. The van der Waals surface area contributed by atoms with Gasteiger partial charge in [-0.15, -0.1) is 0 Å². The van der Waals surface area contributed by atoms with E-state index in [1.165, 1.54) is 5.56 Å². The molecular formula is C22H26N2O3. The average Bonchev–Trinajstić information content (AvgIpc) is 3.05. The summed E-state index contributed by atoms with van der Waals surface area (Å²) in [5.74, 6) is -0.604. The van der Waals surface area contributed by atoms with Gasteiger partial charge in [0.2, 0.25) is 11.8 Å². The molecule has 0 saturated carbocycles. The van der Waals surface area contributed by atoms with Gasteiger partial charge < -0.3 is 15.3 Å². The van der Waals surface area contributed by atoms with Crippen LogP contribution in [0.15, 0.2) is 48.5 Å². The Bertz CT molecular complexity index is 820. The number of rotatable bonds is 6. The van der Waals surface area contributed by atoms with Crippen LogP contribution in [0.1, 0.15) is 23.1 Å². The van der Waals surface area contributed by atoms with Gasteiger partial charge in [0.15, 0.2) is 0 Å². The summed E-state index contributed by atoms with van der Waals surface area (Å²) in [7, 11) is 0. The number of carbonyl (C=O) groups is 2. The molecule has 1 aliphatic heterocycles. The molecule has 1 aliphatic rings. The number of hydrogen-bond acceptors (Lipinski definition) is 3. The predicted octanol–water partition coefficient (Wildman–Crippen LogP) is 2.38. The van der Waals surface area contributed by atoms with Crippen molar-refractivity contribution in [3.8, 4) is 0 Å². The lowest BCUT2D eigenvalue weighted by Crippen LogP contribution is -2.38. The summed E-state index contributed by atoms with van der Waals surface area (Å²) < 4.78 is 0. The molecule has 0 spiro atoms. The van der Waals surface area contributed by atoms with Crippen LogP contribution in [0.3, 0.4) is 0 Å². The maximum absolute atomic E-state index is 12.4. The Morgan fingerprint density at radius 1 is 1.19 bits per heavy atom. The maximum atomic E-state index is 12.4. The van der Waals surface area contributed by atoms with Crippen molar-refractivity contribution in [3.05, 3.63) is 65.2 Å². The molecule has 5 nitrogen and oxygen atoms in total. The average molecular weight is 366 g/mol. The molecule has 2 amide bonds. The molecule has 0 bridgehead atoms. The van der Waals surface area contributed by atoms with Crippen LogP contribution in [0.5, 0.6) is 0 Å². The second-order valence-corrected chi connectivity index (χ2v) is 7.26. The van der Waals surface area contributed by atoms with Crippen LogP contribution < -0.4 is 10.2 Å². The van der Waals surface area contributed by atoms with E-state index in [0.29, 0.717) is 13.0 Å². The van der Waals surface area contributed by atoms with Crippen LogP contribution in [0.2, 0.25) is 0 Å². The standard InChI is InChI=1S/C22H26N2O3/c1-15-8-9-19(10-16(15)2)24-14-18(12-21(24)26)22(27)23-13-20(25)11-17-6-4-3-5-7-17/h3-10,18,20,25H,11-14H2,1-2H3,(H,23,27)/t18-,20+/m0/s1. The number of nitrogens with zero attached hydrogens (tertiary/aromatic N) is 1. The molecule has 1 heterocycles. The first-order valence-corrected chi connectivity index (χ1v) is 9.31. The van der Waals surface area contributed by atoms with Gasteiger partial charge >= 0.3 is 0 Å². The van der Waals surface area contributed by atoms with E-state index < -0.39 is 6.10 Å². The molecule has 2 N–H and O–H groups in total. The quantitative estimate of drug-likeness (QED) is 0.825. The molecule has 1 saturated heterocycles. The van der Waals surface area contributed by atoms with E-state index in [2.05, 4.69) is 5.32 Å². The number of amides is 2. The van der Waals surface area contributed by atoms with Crippen LogP contribution >= 0.6 is 0 Å². The zero-order valence-electron chi connectivity index (χ0n) is 15.8. The Balaban J connectivity index is 1.53. The summed E-state index contributed by atoms with van der Waals surface area (Å²) in [6.45, 7) is 4.60. The zero-order valence-corrected chi connectivity index (χ0v) is 15.8. The van der Waals surface area contributed by atoms with E-state index in [4.69, 9.17) is 0 Å². The maximum Gasteiger partial charge on any atom is 0.227 e. The van der Waals surface area contributed by atoms with Crippen LogP contribution in [0.25, 0.3) is 0 Å². The molecule has 0 aromatic heterocycles. The largest absolute Gasteiger partial charge is 0.391 e. The monoisotopic (exact) mass is 366 g/mol. The first-order chi connectivity index (χ1) is 12.9. The summed E-state index contributed by atoms with van der Waals surface area (Å²) in [5.41, 5.74) is 4.16. The smallest absolute Gasteiger partial charge is 0.227 e. The van der Waals surface area contributed by atoms with Crippen molar-refractivity contribution in [2.75, 3.05) is 18.0 Å². The Labute approximate surface area is 160 Å². The molecule has 0 aliphatic carbocycles. The highest BCUT2D eigenvalue weighted by Crippen LogP contribution is 2.26. The summed E-state index contributed by atoms with van der Waals surface area (Å²) in [6.07, 6.45) is 0.0387. The normalized spacial score (nSPS) is 17.8. The van der Waals surface area contributed by atoms with Gasteiger partial charge in [0, 0.05) is 31.6 Å². The molecule has 2 aromatic rings.